The number of ether oxygens (including phenoxy) is 2. The van der Waals surface area contributed by atoms with Crippen molar-refractivity contribution in [1.82, 2.24) is 14.9 Å². The van der Waals surface area contributed by atoms with Gasteiger partial charge in [-0.1, -0.05) is 0 Å². The third kappa shape index (κ3) is 2.83. The number of nitrogens with zero attached hydrogens (tertiary/aromatic N) is 2. The molecule has 1 spiro atoms. The number of hydrogen-bond acceptors (Lipinski definition) is 4. The van der Waals surface area contributed by atoms with Gasteiger partial charge >= 0.3 is 0 Å². The molecule has 1 atom stereocenters. The molecule has 2 saturated heterocycles. The van der Waals surface area contributed by atoms with Crippen LogP contribution in [0.4, 0.5) is 0 Å². The zero-order valence-corrected chi connectivity index (χ0v) is 11.6. The highest BCUT2D eigenvalue weighted by Gasteiger charge is 2.41. The zero-order valence-electron chi connectivity index (χ0n) is 11.6. The first kappa shape index (κ1) is 13.1. The molecule has 0 bridgehead atoms. The predicted molar refractivity (Wildman–Crippen MR) is 71.9 cm³/mol. The van der Waals surface area contributed by atoms with Crippen molar-refractivity contribution in [3.8, 4) is 0 Å². The van der Waals surface area contributed by atoms with Gasteiger partial charge in [-0.3, -0.25) is 0 Å². The van der Waals surface area contributed by atoms with Crippen LogP contribution >= 0.6 is 0 Å². The molecule has 5 heteroatoms. The minimum atomic E-state index is 0.0842. The number of nitrogens with one attached hydrogen (secondary N) is 1. The Bertz CT molecular complexity index is 413. The van der Waals surface area contributed by atoms with Gasteiger partial charge in [0.15, 0.2) is 0 Å². The van der Waals surface area contributed by atoms with Crippen molar-refractivity contribution in [2.75, 3.05) is 19.7 Å². The number of rotatable bonds is 4. The van der Waals surface area contributed by atoms with E-state index >= 15 is 0 Å². The van der Waals surface area contributed by atoms with E-state index in [0.29, 0.717) is 6.61 Å². The average molecular weight is 265 g/mol. The number of imidazole rings is 1. The van der Waals surface area contributed by atoms with Crippen LogP contribution in [0.2, 0.25) is 0 Å². The molecule has 0 saturated carbocycles. The van der Waals surface area contributed by atoms with Crippen molar-refractivity contribution >= 4 is 0 Å². The molecule has 0 aromatic carbocycles. The summed E-state index contributed by atoms with van der Waals surface area (Å²) >= 11 is 0. The highest BCUT2D eigenvalue weighted by molar-refractivity contribution is 4.97. The summed E-state index contributed by atoms with van der Waals surface area (Å²) in [4.78, 5) is 4.16. The monoisotopic (exact) mass is 265 g/mol. The summed E-state index contributed by atoms with van der Waals surface area (Å²) in [5, 5.41) is 3.39. The topological polar surface area (TPSA) is 48.3 Å². The van der Waals surface area contributed by atoms with Gasteiger partial charge in [0.2, 0.25) is 0 Å². The Morgan fingerprint density at radius 1 is 1.53 bits per heavy atom. The first-order chi connectivity index (χ1) is 9.31. The van der Waals surface area contributed by atoms with Crippen LogP contribution in [0, 0.1) is 0 Å². The Morgan fingerprint density at radius 2 is 2.37 bits per heavy atom. The predicted octanol–water partition coefficient (Wildman–Crippen LogP) is 1.33. The molecular formula is C14H23N3O2. The van der Waals surface area contributed by atoms with Gasteiger partial charge in [0, 0.05) is 13.0 Å². The summed E-state index contributed by atoms with van der Waals surface area (Å²) in [5.74, 6) is 0. The van der Waals surface area contributed by atoms with E-state index in [1.54, 1.807) is 0 Å². The lowest BCUT2D eigenvalue weighted by atomic mass is 9.89. The van der Waals surface area contributed by atoms with Gasteiger partial charge in [-0.15, -0.1) is 0 Å². The van der Waals surface area contributed by atoms with Crippen molar-refractivity contribution in [2.45, 2.75) is 51.0 Å². The van der Waals surface area contributed by atoms with Gasteiger partial charge in [-0.25, -0.2) is 4.98 Å². The lowest BCUT2D eigenvalue weighted by Crippen LogP contribution is -2.41. The van der Waals surface area contributed by atoms with E-state index in [4.69, 9.17) is 9.47 Å². The largest absolute Gasteiger partial charge is 0.372 e. The molecule has 3 heterocycles. The van der Waals surface area contributed by atoms with Crippen LogP contribution in [0.3, 0.4) is 0 Å². The smallest absolute Gasteiger partial charge is 0.0948 e. The minimum absolute atomic E-state index is 0.0842. The summed E-state index contributed by atoms with van der Waals surface area (Å²) < 4.78 is 14.2. The fourth-order valence-electron chi connectivity index (χ4n) is 3.10. The highest BCUT2D eigenvalue weighted by atomic mass is 16.6. The molecule has 1 aromatic rings. The van der Waals surface area contributed by atoms with E-state index in [1.807, 2.05) is 12.5 Å². The normalized spacial score (nSPS) is 26.1. The van der Waals surface area contributed by atoms with Crippen LogP contribution in [0.15, 0.2) is 12.5 Å². The van der Waals surface area contributed by atoms with Gasteiger partial charge in [0.1, 0.15) is 0 Å². The lowest BCUT2D eigenvalue weighted by molar-refractivity contribution is -0.0243. The maximum atomic E-state index is 6.03. The van der Waals surface area contributed by atoms with Crippen LogP contribution < -0.4 is 5.32 Å². The Hall–Kier alpha value is -0.910. The van der Waals surface area contributed by atoms with Crippen LogP contribution in [-0.4, -0.2) is 41.0 Å². The number of aryl methyl sites for hydroxylation is 1. The summed E-state index contributed by atoms with van der Waals surface area (Å²) in [5.41, 5.74) is 1.23. The van der Waals surface area contributed by atoms with E-state index in [0.717, 1.165) is 51.2 Å². The van der Waals surface area contributed by atoms with E-state index in [1.165, 1.54) is 0 Å². The minimum Gasteiger partial charge on any atom is -0.372 e. The van der Waals surface area contributed by atoms with Crippen LogP contribution in [-0.2, 0) is 22.6 Å². The molecule has 2 fully saturated rings. The van der Waals surface area contributed by atoms with E-state index < -0.39 is 0 Å². The molecule has 19 heavy (non-hydrogen) atoms. The fraction of sp³-hybridized carbons (Fsp3) is 0.786. The maximum absolute atomic E-state index is 6.03. The second-order valence-corrected chi connectivity index (χ2v) is 5.55. The van der Waals surface area contributed by atoms with Crippen molar-refractivity contribution in [2.24, 2.45) is 0 Å². The summed E-state index contributed by atoms with van der Waals surface area (Å²) in [6.07, 6.45) is 7.24. The Balaban J connectivity index is 1.52. The molecule has 1 N–H and O–H groups in total. The zero-order chi connectivity index (χ0) is 13.1. The first-order valence-corrected chi connectivity index (χ1v) is 7.27. The third-order valence-corrected chi connectivity index (χ3v) is 4.30. The van der Waals surface area contributed by atoms with Gasteiger partial charge in [-0.05, 0) is 32.9 Å². The number of aromatic nitrogens is 2. The van der Waals surface area contributed by atoms with Crippen LogP contribution in [0.25, 0.3) is 0 Å². The maximum Gasteiger partial charge on any atom is 0.0948 e. The summed E-state index contributed by atoms with van der Waals surface area (Å²) in [6.45, 7) is 6.56. The van der Waals surface area contributed by atoms with E-state index in [2.05, 4.69) is 21.8 Å². The van der Waals surface area contributed by atoms with Crippen molar-refractivity contribution in [3.05, 3.63) is 18.2 Å². The summed E-state index contributed by atoms with van der Waals surface area (Å²) in [6, 6.07) is 0. The first-order valence-electron chi connectivity index (χ1n) is 7.27. The van der Waals surface area contributed by atoms with E-state index in [9.17, 15) is 0 Å². The number of hydrogen-bond donors (Lipinski definition) is 1. The van der Waals surface area contributed by atoms with Crippen molar-refractivity contribution < 1.29 is 9.47 Å². The molecule has 5 nitrogen and oxygen atoms in total. The number of piperidine rings is 1. The van der Waals surface area contributed by atoms with Gasteiger partial charge in [0.25, 0.3) is 0 Å². The molecule has 2 aliphatic heterocycles. The van der Waals surface area contributed by atoms with Crippen LogP contribution in [0.5, 0.6) is 0 Å². The molecule has 106 valence electrons. The molecule has 1 unspecified atom stereocenters. The molecule has 0 amide bonds. The quantitative estimate of drug-likeness (QED) is 0.892. The lowest BCUT2D eigenvalue weighted by Gasteiger charge is -2.32. The Labute approximate surface area is 114 Å². The molecule has 3 rings (SSSR count). The Kier molecular flexibility index (Phi) is 3.86. The molecule has 2 aliphatic rings. The van der Waals surface area contributed by atoms with E-state index in [-0.39, 0.29) is 11.7 Å². The Morgan fingerprint density at radius 3 is 3.16 bits per heavy atom. The summed E-state index contributed by atoms with van der Waals surface area (Å²) in [7, 11) is 0. The fourth-order valence-corrected chi connectivity index (χ4v) is 3.10. The molecular weight excluding hydrogens is 242 g/mol. The van der Waals surface area contributed by atoms with Gasteiger partial charge < -0.3 is 19.4 Å². The molecule has 0 aliphatic carbocycles. The van der Waals surface area contributed by atoms with Crippen molar-refractivity contribution in [3.63, 3.8) is 0 Å². The second-order valence-electron chi connectivity index (χ2n) is 5.55. The second kappa shape index (κ2) is 5.61. The SMILES string of the molecule is CCn1cncc1COC1COC2(CCNCC2)C1. The highest BCUT2D eigenvalue weighted by Crippen LogP contribution is 2.35. The molecule has 1 aromatic heterocycles. The third-order valence-electron chi connectivity index (χ3n) is 4.30. The average Bonchev–Trinajstić information content (AvgIpc) is 3.04. The molecule has 0 radical (unpaired) electrons. The van der Waals surface area contributed by atoms with Crippen molar-refractivity contribution in [1.29, 1.82) is 0 Å². The van der Waals surface area contributed by atoms with Gasteiger partial charge in [0.05, 0.1) is 43.1 Å². The standard InChI is InChI=1S/C14H23N3O2/c1-2-17-11-16-8-12(17)9-18-13-7-14(19-10-13)3-5-15-6-4-14/h8,11,13,15H,2-7,9-10H2,1H3. The van der Waals surface area contributed by atoms with Crippen LogP contribution in [0.1, 0.15) is 31.9 Å². The van der Waals surface area contributed by atoms with Gasteiger partial charge in [-0.2, -0.15) is 0 Å².